The fourth-order valence-electron chi connectivity index (χ4n) is 2.90. The van der Waals surface area contributed by atoms with Gasteiger partial charge in [-0.3, -0.25) is 0 Å². The van der Waals surface area contributed by atoms with Crippen LogP contribution in [0.25, 0.3) is 0 Å². The van der Waals surface area contributed by atoms with Gasteiger partial charge in [-0.05, 0) is 38.6 Å². The van der Waals surface area contributed by atoms with E-state index >= 15 is 0 Å². The van der Waals surface area contributed by atoms with Crippen LogP contribution in [-0.4, -0.2) is 55.4 Å². The Bertz CT molecular complexity index is 362. The highest BCUT2D eigenvalue weighted by atomic mass is 32.2. The summed E-state index contributed by atoms with van der Waals surface area (Å²) in [7, 11) is -3.21. The fourth-order valence-corrected chi connectivity index (χ4v) is 4.74. The van der Waals surface area contributed by atoms with Gasteiger partial charge in [0.15, 0.2) is 0 Å². The number of hydrogen-bond donors (Lipinski definition) is 2. The summed E-state index contributed by atoms with van der Waals surface area (Å²) >= 11 is 0. The second-order valence-corrected chi connectivity index (χ2v) is 7.71. The summed E-state index contributed by atoms with van der Waals surface area (Å²) in [6, 6.07) is 0.484. The van der Waals surface area contributed by atoms with Crippen molar-refractivity contribution in [1.82, 2.24) is 9.62 Å². The molecule has 1 saturated carbocycles. The van der Waals surface area contributed by atoms with Gasteiger partial charge >= 0.3 is 0 Å². The average Bonchev–Trinajstić information content (AvgIpc) is 2.35. The van der Waals surface area contributed by atoms with E-state index in [2.05, 4.69) is 5.32 Å². The van der Waals surface area contributed by atoms with Crippen LogP contribution in [0.3, 0.4) is 0 Å². The van der Waals surface area contributed by atoms with E-state index in [0.29, 0.717) is 12.5 Å². The van der Waals surface area contributed by atoms with Crippen LogP contribution in [0, 0.1) is 0 Å². The van der Waals surface area contributed by atoms with Crippen molar-refractivity contribution in [1.29, 1.82) is 0 Å². The maximum absolute atomic E-state index is 12.4. The van der Waals surface area contributed by atoms with Crippen LogP contribution >= 0.6 is 0 Å². The molecule has 1 heterocycles. The minimum atomic E-state index is -3.21. The van der Waals surface area contributed by atoms with Gasteiger partial charge in [0.1, 0.15) is 0 Å². The predicted molar refractivity (Wildman–Crippen MR) is 75.5 cm³/mol. The van der Waals surface area contributed by atoms with Crippen LogP contribution in [0.5, 0.6) is 0 Å². The summed E-state index contributed by atoms with van der Waals surface area (Å²) < 4.78 is 26.3. The van der Waals surface area contributed by atoms with Gasteiger partial charge in [0.2, 0.25) is 10.0 Å². The lowest BCUT2D eigenvalue weighted by Crippen LogP contribution is -2.47. The van der Waals surface area contributed by atoms with Gasteiger partial charge < -0.3 is 10.4 Å². The molecule has 1 aliphatic carbocycles. The SMILES string of the molecule is O=S(=O)(CCC1CCCCN1)N(CCO)C1CCC1. The summed E-state index contributed by atoms with van der Waals surface area (Å²) in [4.78, 5) is 0. The number of aliphatic hydroxyl groups excluding tert-OH is 1. The minimum Gasteiger partial charge on any atom is -0.395 e. The van der Waals surface area contributed by atoms with Gasteiger partial charge in [-0.25, -0.2) is 8.42 Å². The monoisotopic (exact) mass is 290 g/mol. The molecule has 2 fully saturated rings. The van der Waals surface area contributed by atoms with E-state index in [1.54, 1.807) is 4.31 Å². The van der Waals surface area contributed by atoms with E-state index in [1.807, 2.05) is 0 Å². The summed E-state index contributed by atoms with van der Waals surface area (Å²) in [6.45, 7) is 1.18. The number of hydrogen-bond acceptors (Lipinski definition) is 4. The Morgan fingerprint density at radius 2 is 1.95 bits per heavy atom. The standard InChI is InChI=1S/C13H26N2O3S/c16-10-9-15(13-5-3-6-13)19(17,18)11-7-12-4-1-2-8-14-12/h12-14,16H,1-11H2. The van der Waals surface area contributed by atoms with Gasteiger partial charge in [0, 0.05) is 18.6 Å². The smallest absolute Gasteiger partial charge is 0.214 e. The molecule has 1 aliphatic heterocycles. The molecule has 0 aromatic rings. The molecule has 0 aromatic carbocycles. The molecule has 2 N–H and O–H groups in total. The fraction of sp³-hybridized carbons (Fsp3) is 1.00. The number of nitrogens with zero attached hydrogens (tertiary/aromatic N) is 1. The summed E-state index contributed by atoms with van der Waals surface area (Å²) in [5.41, 5.74) is 0. The molecule has 0 aromatic heterocycles. The van der Waals surface area contributed by atoms with Crippen molar-refractivity contribution in [3.05, 3.63) is 0 Å². The van der Waals surface area contributed by atoms with Crippen molar-refractivity contribution in [2.45, 2.75) is 57.0 Å². The molecule has 0 radical (unpaired) electrons. The van der Waals surface area contributed by atoms with E-state index in [9.17, 15) is 8.42 Å². The minimum absolute atomic E-state index is 0.0859. The zero-order chi connectivity index (χ0) is 13.7. The molecule has 112 valence electrons. The van der Waals surface area contributed by atoms with Crippen molar-refractivity contribution in [3.63, 3.8) is 0 Å². The van der Waals surface area contributed by atoms with Gasteiger partial charge in [0.25, 0.3) is 0 Å². The summed E-state index contributed by atoms with van der Waals surface area (Å²) in [5, 5.41) is 12.5. The van der Waals surface area contributed by atoms with Crippen molar-refractivity contribution >= 4 is 10.0 Å². The molecule has 0 bridgehead atoms. The van der Waals surface area contributed by atoms with Crippen molar-refractivity contribution in [2.24, 2.45) is 0 Å². The zero-order valence-electron chi connectivity index (χ0n) is 11.6. The zero-order valence-corrected chi connectivity index (χ0v) is 12.4. The third-order valence-electron chi connectivity index (χ3n) is 4.30. The quantitative estimate of drug-likeness (QED) is 0.724. The molecule has 1 saturated heterocycles. The molecule has 2 rings (SSSR count). The van der Waals surface area contributed by atoms with Crippen LogP contribution in [0.4, 0.5) is 0 Å². The summed E-state index contributed by atoms with van der Waals surface area (Å²) in [6.07, 6.45) is 7.16. The highest BCUT2D eigenvalue weighted by molar-refractivity contribution is 7.89. The Morgan fingerprint density at radius 1 is 1.16 bits per heavy atom. The second kappa shape index (κ2) is 7.02. The van der Waals surface area contributed by atoms with E-state index in [0.717, 1.165) is 32.2 Å². The van der Waals surface area contributed by atoms with E-state index in [1.165, 1.54) is 12.8 Å². The number of sulfonamides is 1. The Morgan fingerprint density at radius 3 is 2.47 bits per heavy atom. The molecular weight excluding hydrogens is 264 g/mol. The van der Waals surface area contributed by atoms with Gasteiger partial charge in [-0.1, -0.05) is 12.8 Å². The number of piperidine rings is 1. The third kappa shape index (κ3) is 4.15. The predicted octanol–water partition coefficient (Wildman–Crippen LogP) is 0.695. The molecule has 1 atom stereocenters. The Kier molecular flexibility index (Phi) is 5.62. The molecular formula is C13H26N2O3S. The first-order valence-electron chi connectivity index (χ1n) is 7.47. The van der Waals surface area contributed by atoms with Crippen LogP contribution in [-0.2, 0) is 10.0 Å². The number of rotatable bonds is 7. The van der Waals surface area contributed by atoms with Gasteiger partial charge in [-0.2, -0.15) is 4.31 Å². The Hall–Kier alpha value is -0.170. The second-order valence-electron chi connectivity index (χ2n) is 5.67. The topological polar surface area (TPSA) is 69.6 Å². The lowest BCUT2D eigenvalue weighted by molar-refractivity contribution is 0.178. The van der Waals surface area contributed by atoms with Crippen LogP contribution < -0.4 is 5.32 Å². The maximum atomic E-state index is 12.4. The Balaban J connectivity index is 1.87. The molecule has 0 spiro atoms. The molecule has 5 nitrogen and oxygen atoms in total. The van der Waals surface area contributed by atoms with Crippen molar-refractivity contribution in [3.8, 4) is 0 Å². The van der Waals surface area contributed by atoms with Crippen LogP contribution in [0.1, 0.15) is 44.9 Å². The lowest BCUT2D eigenvalue weighted by atomic mass is 9.93. The molecule has 6 heteroatoms. The van der Waals surface area contributed by atoms with Gasteiger partial charge in [0.05, 0.1) is 12.4 Å². The molecule has 0 amide bonds. The molecule has 19 heavy (non-hydrogen) atoms. The Labute approximate surface area is 116 Å². The van der Waals surface area contributed by atoms with E-state index in [4.69, 9.17) is 5.11 Å². The number of nitrogens with one attached hydrogen (secondary N) is 1. The highest BCUT2D eigenvalue weighted by Gasteiger charge is 2.33. The molecule has 1 unspecified atom stereocenters. The summed E-state index contributed by atoms with van der Waals surface area (Å²) in [5.74, 6) is 0.209. The van der Waals surface area contributed by atoms with E-state index in [-0.39, 0.29) is 24.9 Å². The average molecular weight is 290 g/mol. The maximum Gasteiger partial charge on any atom is 0.214 e. The lowest BCUT2D eigenvalue weighted by Gasteiger charge is -2.36. The highest BCUT2D eigenvalue weighted by Crippen LogP contribution is 2.27. The van der Waals surface area contributed by atoms with Crippen molar-refractivity contribution in [2.75, 3.05) is 25.4 Å². The van der Waals surface area contributed by atoms with Gasteiger partial charge in [-0.15, -0.1) is 0 Å². The van der Waals surface area contributed by atoms with Crippen LogP contribution in [0.2, 0.25) is 0 Å². The third-order valence-corrected chi connectivity index (χ3v) is 6.24. The number of aliphatic hydroxyl groups is 1. The normalized spacial score (nSPS) is 25.5. The van der Waals surface area contributed by atoms with Crippen molar-refractivity contribution < 1.29 is 13.5 Å². The van der Waals surface area contributed by atoms with Crippen LogP contribution in [0.15, 0.2) is 0 Å². The first-order chi connectivity index (χ1) is 9.13. The first kappa shape index (κ1) is 15.2. The molecule has 2 aliphatic rings. The first-order valence-corrected chi connectivity index (χ1v) is 9.08. The largest absolute Gasteiger partial charge is 0.395 e. The van der Waals surface area contributed by atoms with E-state index < -0.39 is 10.0 Å².